The highest BCUT2D eigenvalue weighted by Gasteiger charge is 2.28. The molecule has 1 atom stereocenters. The monoisotopic (exact) mass is 344 g/mol. The highest BCUT2D eigenvalue weighted by molar-refractivity contribution is 8.14. The molecule has 3 rings (SSSR count). The lowest BCUT2D eigenvalue weighted by Crippen LogP contribution is -2.37. The average molecular weight is 344 g/mol. The first kappa shape index (κ1) is 16.3. The summed E-state index contributed by atoms with van der Waals surface area (Å²) < 4.78 is 11.0. The van der Waals surface area contributed by atoms with Crippen LogP contribution in [0.25, 0.3) is 0 Å². The SMILES string of the molecule is COc1ccccc1Oc1ncccc1C(=O)N[C@@H]1CCSC1=O. The molecular weight excluding hydrogens is 328 g/mol. The molecule has 1 N–H and O–H groups in total. The summed E-state index contributed by atoms with van der Waals surface area (Å²) in [6.07, 6.45) is 2.18. The van der Waals surface area contributed by atoms with E-state index in [4.69, 9.17) is 9.47 Å². The molecule has 1 saturated heterocycles. The topological polar surface area (TPSA) is 77.5 Å². The smallest absolute Gasteiger partial charge is 0.257 e. The molecule has 1 aliphatic heterocycles. The number of carbonyl (C=O) groups excluding carboxylic acids is 2. The first-order valence-electron chi connectivity index (χ1n) is 7.42. The molecule has 1 fully saturated rings. The van der Waals surface area contributed by atoms with Crippen LogP contribution in [0.2, 0.25) is 0 Å². The number of aromatic nitrogens is 1. The van der Waals surface area contributed by atoms with E-state index >= 15 is 0 Å². The molecule has 2 heterocycles. The van der Waals surface area contributed by atoms with Gasteiger partial charge in [-0.2, -0.15) is 0 Å². The number of nitrogens with one attached hydrogen (secondary N) is 1. The van der Waals surface area contributed by atoms with Gasteiger partial charge in [0.2, 0.25) is 11.0 Å². The van der Waals surface area contributed by atoms with Crippen molar-refractivity contribution >= 4 is 22.8 Å². The van der Waals surface area contributed by atoms with Crippen LogP contribution in [0.4, 0.5) is 0 Å². The molecule has 0 bridgehead atoms. The molecule has 0 saturated carbocycles. The number of ether oxygens (including phenoxy) is 2. The third kappa shape index (κ3) is 3.51. The molecule has 2 aromatic rings. The van der Waals surface area contributed by atoms with Gasteiger partial charge in [0.1, 0.15) is 5.56 Å². The number of thioether (sulfide) groups is 1. The molecule has 1 amide bonds. The predicted molar refractivity (Wildman–Crippen MR) is 90.6 cm³/mol. The normalized spacial score (nSPS) is 16.7. The molecule has 124 valence electrons. The van der Waals surface area contributed by atoms with Gasteiger partial charge in [-0.25, -0.2) is 4.98 Å². The molecule has 0 spiro atoms. The van der Waals surface area contributed by atoms with E-state index in [-0.39, 0.29) is 22.5 Å². The highest BCUT2D eigenvalue weighted by Crippen LogP contribution is 2.31. The molecule has 1 aliphatic rings. The zero-order chi connectivity index (χ0) is 16.9. The van der Waals surface area contributed by atoms with E-state index in [9.17, 15) is 9.59 Å². The zero-order valence-corrected chi connectivity index (χ0v) is 13.8. The standard InChI is InChI=1S/C17H16N2O4S/c1-22-13-6-2-3-7-14(13)23-16-11(5-4-9-18-16)15(20)19-12-8-10-24-17(12)21/h2-7,9,12H,8,10H2,1H3,(H,19,20)/t12-/m1/s1. The van der Waals surface area contributed by atoms with Gasteiger partial charge in [0.25, 0.3) is 5.91 Å². The number of para-hydroxylation sites is 2. The summed E-state index contributed by atoms with van der Waals surface area (Å²) in [4.78, 5) is 28.3. The van der Waals surface area contributed by atoms with Crippen molar-refractivity contribution in [3.8, 4) is 17.4 Å². The lowest BCUT2D eigenvalue weighted by molar-refractivity contribution is -0.112. The number of benzene rings is 1. The van der Waals surface area contributed by atoms with E-state index in [1.165, 1.54) is 25.1 Å². The Morgan fingerprint density at radius 3 is 2.75 bits per heavy atom. The summed E-state index contributed by atoms with van der Waals surface area (Å²) in [5.74, 6) is 1.50. The van der Waals surface area contributed by atoms with E-state index in [0.29, 0.717) is 17.9 Å². The van der Waals surface area contributed by atoms with E-state index < -0.39 is 6.04 Å². The van der Waals surface area contributed by atoms with Crippen molar-refractivity contribution in [1.82, 2.24) is 10.3 Å². The highest BCUT2D eigenvalue weighted by atomic mass is 32.2. The predicted octanol–water partition coefficient (Wildman–Crippen LogP) is 2.64. The van der Waals surface area contributed by atoms with Crippen LogP contribution >= 0.6 is 11.8 Å². The minimum atomic E-state index is -0.457. The maximum atomic E-state index is 12.5. The first-order chi connectivity index (χ1) is 11.7. The summed E-state index contributed by atoms with van der Waals surface area (Å²) in [5, 5.41) is 2.72. The first-order valence-corrected chi connectivity index (χ1v) is 8.41. The van der Waals surface area contributed by atoms with Gasteiger partial charge in [0, 0.05) is 11.9 Å². The number of carbonyl (C=O) groups is 2. The molecule has 7 heteroatoms. The largest absolute Gasteiger partial charge is 0.493 e. The van der Waals surface area contributed by atoms with Gasteiger partial charge in [-0.1, -0.05) is 23.9 Å². The maximum Gasteiger partial charge on any atom is 0.257 e. The summed E-state index contributed by atoms with van der Waals surface area (Å²) in [7, 11) is 1.54. The number of methoxy groups -OCH3 is 1. The number of hydrogen-bond donors (Lipinski definition) is 1. The zero-order valence-electron chi connectivity index (χ0n) is 13.0. The summed E-state index contributed by atoms with van der Waals surface area (Å²) in [6.45, 7) is 0. The number of rotatable bonds is 5. The maximum absolute atomic E-state index is 12.5. The van der Waals surface area contributed by atoms with Crippen molar-refractivity contribution in [3.05, 3.63) is 48.2 Å². The Kier molecular flexibility index (Phi) is 5.00. The number of pyridine rings is 1. The number of amides is 1. The minimum absolute atomic E-state index is 0.0144. The van der Waals surface area contributed by atoms with E-state index in [2.05, 4.69) is 10.3 Å². The Balaban J connectivity index is 1.82. The van der Waals surface area contributed by atoms with Crippen LogP contribution in [0.3, 0.4) is 0 Å². The Morgan fingerprint density at radius 2 is 2.04 bits per heavy atom. The molecule has 1 aromatic carbocycles. The van der Waals surface area contributed by atoms with Crippen molar-refractivity contribution < 1.29 is 19.1 Å². The van der Waals surface area contributed by atoms with Gasteiger partial charge < -0.3 is 14.8 Å². The Hall–Kier alpha value is -2.54. The van der Waals surface area contributed by atoms with Crippen LogP contribution in [0.15, 0.2) is 42.6 Å². The Morgan fingerprint density at radius 1 is 1.25 bits per heavy atom. The van der Waals surface area contributed by atoms with Gasteiger partial charge >= 0.3 is 0 Å². The van der Waals surface area contributed by atoms with Crippen LogP contribution < -0.4 is 14.8 Å². The van der Waals surface area contributed by atoms with Crippen molar-refractivity contribution in [1.29, 1.82) is 0 Å². The second-order valence-electron chi connectivity index (χ2n) is 5.09. The molecular formula is C17H16N2O4S. The van der Waals surface area contributed by atoms with Gasteiger partial charge in [-0.3, -0.25) is 9.59 Å². The van der Waals surface area contributed by atoms with Gasteiger partial charge in [-0.05, 0) is 30.7 Å². The van der Waals surface area contributed by atoms with Crippen molar-refractivity contribution in [2.75, 3.05) is 12.9 Å². The molecule has 24 heavy (non-hydrogen) atoms. The molecule has 6 nitrogen and oxygen atoms in total. The van der Waals surface area contributed by atoms with E-state index in [1.807, 2.05) is 6.07 Å². The lowest BCUT2D eigenvalue weighted by Gasteiger charge is -2.14. The van der Waals surface area contributed by atoms with Crippen LogP contribution in [0.1, 0.15) is 16.8 Å². The molecule has 0 unspecified atom stereocenters. The van der Waals surface area contributed by atoms with Crippen LogP contribution in [-0.4, -0.2) is 34.9 Å². The summed E-state index contributed by atoms with van der Waals surface area (Å²) in [5.41, 5.74) is 0.271. The fourth-order valence-corrected chi connectivity index (χ4v) is 3.25. The van der Waals surface area contributed by atoms with Gasteiger partial charge in [0.05, 0.1) is 13.2 Å². The second-order valence-corrected chi connectivity index (χ2v) is 6.19. The van der Waals surface area contributed by atoms with E-state index in [1.54, 1.807) is 30.3 Å². The van der Waals surface area contributed by atoms with Crippen molar-refractivity contribution in [3.63, 3.8) is 0 Å². The molecule has 0 radical (unpaired) electrons. The number of hydrogen-bond acceptors (Lipinski definition) is 6. The average Bonchev–Trinajstić information content (AvgIpc) is 3.00. The Labute approximate surface area is 143 Å². The quantitative estimate of drug-likeness (QED) is 0.898. The molecule has 1 aromatic heterocycles. The third-order valence-electron chi connectivity index (χ3n) is 3.53. The second kappa shape index (κ2) is 7.35. The van der Waals surface area contributed by atoms with Crippen molar-refractivity contribution in [2.24, 2.45) is 0 Å². The van der Waals surface area contributed by atoms with Crippen molar-refractivity contribution in [2.45, 2.75) is 12.5 Å². The van der Waals surface area contributed by atoms with Gasteiger partial charge in [-0.15, -0.1) is 0 Å². The fraction of sp³-hybridized carbons (Fsp3) is 0.235. The third-order valence-corrected chi connectivity index (χ3v) is 4.54. The summed E-state index contributed by atoms with van der Waals surface area (Å²) in [6, 6.07) is 9.91. The van der Waals surface area contributed by atoms with E-state index in [0.717, 1.165) is 5.75 Å². The van der Waals surface area contributed by atoms with Crippen LogP contribution in [0, 0.1) is 0 Å². The Bertz CT molecular complexity index is 766. The lowest BCUT2D eigenvalue weighted by atomic mass is 10.2. The van der Waals surface area contributed by atoms with Crippen LogP contribution in [-0.2, 0) is 4.79 Å². The fourth-order valence-electron chi connectivity index (χ4n) is 2.32. The minimum Gasteiger partial charge on any atom is -0.493 e. The summed E-state index contributed by atoms with van der Waals surface area (Å²) >= 11 is 1.24. The number of nitrogens with zero attached hydrogens (tertiary/aromatic N) is 1. The molecule has 0 aliphatic carbocycles. The van der Waals surface area contributed by atoms with Crippen LogP contribution in [0.5, 0.6) is 17.4 Å². The van der Waals surface area contributed by atoms with Gasteiger partial charge in [0.15, 0.2) is 11.5 Å².